The molecule has 0 saturated carbocycles. The molecule has 5 rings (SSSR count). The molecule has 0 spiro atoms. The predicted octanol–water partition coefficient (Wildman–Crippen LogP) is 2.21. The summed E-state index contributed by atoms with van der Waals surface area (Å²) in [4.78, 5) is 26.0. The van der Waals surface area contributed by atoms with E-state index in [9.17, 15) is 4.79 Å². The van der Waals surface area contributed by atoms with Crippen molar-refractivity contribution in [1.82, 2.24) is 15.1 Å². The fourth-order valence-corrected chi connectivity index (χ4v) is 4.60. The third-order valence-electron chi connectivity index (χ3n) is 6.70. The number of ether oxygens (including phenoxy) is 1. The first-order chi connectivity index (χ1) is 16.5. The standard InChI is InChI=1S/C25H31N7O2/c1-29-11-13-32(14-12-29)17-9-10-19(22(15-17)34-4)27-25-26-16-21-23(28-25)30(2)20-8-6-5-7-18(20)24(33)31(21)3/h5-10,15-16,25,27-28H,11-14H2,1-4H3. The second kappa shape index (κ2) is 8.90. The van der Waals surface area contributed by atoms with E-state index in [-0.39, 0.29) is 5.91 Å². The van der Waals surface area contributed by atoms with Crippen LogP contribution in [0.2, 0.25) is 0 Å². The Morgan fingerprint density at radius 1 is 1.03 bits per heavy atom. The van der Waals surface area contributed by atoms with Gasteiger partial charge in [0.2, 0.25) is 0 Å². The molecule has 0 aromatic heterocycles. The molecule has 1 saturated heterocycles. The Bertz CT molecular complexity index is 1150. The van der Waals surface area contributed by atoms with Crippen LogP contribution >= 0.6 is 0 Å². The number of hydrogen-bond acceptors (Lipinski definition) is 8. The van der Waals surface area contributed by atoms with E-state index in [0.717, 1.165) is 60.5 Å². The Hall–Kier alpha value is -3.72. The van der Waals surface area contributed by atoms with E-state index in [1.807, 2.05) is 42.3 Å². The highest BCUT2D eigenvalue weighted by Gasteiger charge is 2.31. The van der Waals surface area contributed by atoms with Crippen molar-refractivity contribution in [2.24, 2.45) is 4.99 Å². The van der Waals surface area contributed by atoms with Crippen LogP contribution in [0.15, 0.2) is 59.0 Å². The van der Waals surface area contributed by atoms with Crippen LogP contribution in [0.25, 0.3) is 0 Å². The molecule has 3 aliphatic rings. The van der Waals surface area contributed by atoms with Crippen LogP contribution in [0.3, 0.4) is 0 Å². The number of likely N-dealkylation sites (N-methyl/N-ethyl adjacent to an activating group) is 1. The largest absolute Gasteiger partial charge is 0.495 e. The number of para-hydroxylation sites is 1. The number of rotatable bonds is 4. The minimum absolute atomic E-state index is 0.0618. The maximum Gasteiger partial charge on any atom is 0.260 e. The van der Waals surface area contributed by atoms with Gasteiger partial charge in [-0.25, -0.2) is 4.99 Å². The van der Waals surface area contributed by atoms with Gasteiger partial charge >= 0.3 is 0 Å². The van der Waals surface area contributed by atoms with E-state index in [1.54, 1.807) is 25.3 Å². The van der Waals surface area contributed by atoms with Crippen molar-refractivity contribution in [2.75, 3.05) is 69.5 Å². The van der Waals surface area contributed by atoms with Gasteiger partial charge < -0.3 is 35.0 Å². The van der Waals surface area contributed by atoms with E-state index in [4.69, 9.17) is 4.74 Å². The summed E-state index contributed by atoms with van der Waals surface area (Å²) in [7, 11) is 7.56. The van der Waals surface area contributed by atoms with Crippen molar-refractivity contribution >= 4 is 29.2 Å². The molecule has 1 unspecified atom stereocenters. The van der Waals surface area contributed by atoms with E-state index in [2.05, 4.69) is 44.6 Å². The lowest BCUT2D eigenvalue weighted by molar-refractivity contribution is 0.0844. The van der Waals surface area contributed by atoms with Gasteiger partial charge in [-0.15, -0.1) is 0 Å². The first-order valence-electron chi connectivity index (χ1n) is 11.5. The number of benzene rings is 2. The smallest absolute Gasteiger partial charge is 0.260 e. The van der Waals surface area contributed by atoms with Crippen LogP contribution in [-0.4, -0.2) is 82.6 Å². The molecule has 2 aromatic carbocycles. The highest BCUT2D eigenvalue weighted by molar-refractivity contribution is 6.05. The Labute approximate surface area is 200 Å². The molecule has 3 aliphatic heterocycles. The summed E-state index contributed by atoms with van der Waals surface area (Å²) in [6, 6.07) is 13.9. The third-order valence-corrected chi connectivity index (χ3v) is 6.70. The number of carbonyl (C=O) groups excluding carboxylic acids is 1. The summed E-state index contributed by atoms with van der Waals surface area (Å²) in [6.07, 6.45) is 1.33. The number of fused-ring (bicyclic) bond motifs is 1. The molecule has 178 valence electrons. The molecule has 1 atom stereocenters. The van der Waals surface area contributed by atoms with Gasteiger partial charge in [-0.2, -0.15) is 0 Å². The highest BCUT2D eigenvalue weighted by Crippen LogP contribution is 2.33. The molecule has 2 aromatic rings. The summed E-state index contributed by atoms with van der Waals surface area (Å²) in [5, 5.41) is 6.89. The Kier molecular flexibility index (Phi) is 5.79. The average Bonchev–Trinajstić information content (AvgIpc) is 2.94. The van der Waals surface area contributed by atoms with E-state index < -0.39 is 6.29 Å². The van der Waals surface area contributed by atoms with Gasteiger partial charge in [0.15, 0.2) is 6.29 Å². The van der Waals surface area contributed by atoms with Crippen molar-refractivity contribution in [3.63, 3.8) is 0 Å². The van der Waals surface area contributed by atoms with Gasteiger partial charge in [0.1, 0.15) is 17.3 Å². The predicted molar refractivity (Wildman–Crippen MR) is 136 cm³/mol. The average molecular weight is 462 g/mol. The van der Waals surface area contributed by atoms with E-state index in [1.165, 1.54) is 0 Å². The number of hydrogen-bond donors (Lipinski definition) is 2. The van der Waals surface area contributed by atoms with Crippen LogP contribution in [0.5, 0.6) is 5.75 Å². The Morgan fingerprint density at radius 3 is 2.56 bits per heavy atom. The minimum atomic E-state index is -0.418. The SMILES string of the molecule is COc1cc(N2CCN(C)CC2)ccc1NC1N=CC2=C(N1)N(C)c1ccccc1C(=O)N2C. The maximum atomic E-state index is 13.0. The normalized spacial score (nSPS) is 20.5. The van der Waals surface area contributed by atoms with Gasteiger partial charge in [0, 0.05) is 52.0 Å². The monoisotopic (exact) mass is 461 g/mol. The number of anilines is 3. The summed E-state index contributed by atoms with van der Waals surface area (Å²) >= 11 is 0. The van der Waals surface area contributed by atoms with Crippen molar-refractivity contribution in [3.05, 3.63) is 59.5 Å². The van der Waals surface area contributed by atoms with Gasteiger partial charge in [-0.1, -0.05) is 12.1 Å². The van der Waals surface area contributed by atoms with Crippen LogP contribution in [-0.2, 0) is 0 Å². The fourth-order valence-electron chi connectivity index (χ4n) is 4.60. The number of allylic oxidation sites excluding steroid dienone is 1. The third kappa shape index (κ3) is 3.92. The van der Waals surface area contributed by atoms with Crippen LogP contribution in [0.1, 0.15) is 10.4 Å². The van der Waals surface area contributed by atoms with Crippen molar-refractivity contribution in [3.8, 4) is 5.75 Å². The van der Waals surface area contributed by atoms with Gasteiger partial charge in [0.05, 0.1) is 30.3 Å². The van der Waals surface area contributed by atoms with Crippen LogP contribution < -0.4 is 25.2 Å². The lowest BCUT2D eigenvalue weighted by Crippen LogP contribution is -2.45. The molecule has 0 bridgehead atoms. The van der Waals surface area contributed by atoms with Gasteiger partial charge in [-0.05, 0) is 31.3 Å². The molecule has 2 N–H and O–H groups in total. The number of piperazine rings is 1. The Morgan fingerprint density at radius 2 is 1.79 bits per heavy atom. The number of nitrogens with one attached hydrogen (secondary N) is 2. The van der Waals surface area contributed by atoms with Gasteiger partial charge in [0.25, 0.3) is 5.91 Å². The first kappa shape index (κ1) is 22.1. The molecule has 9 nitrogen and oxygen atoms in total. The molecule has 1 fully saturated rings. The Balaban J connectivity index is 1.37. The zero-order valence-electron chi connectivity index (χ0n) is 20.1. The zero-order valence-corrected chi connectivity index (χ0v) is 20.1. The molecule has 3 heterocycles. The minimum Gasteiger partial charge on any atom is -0.495 e. The van der Waals surface area contributed by atoms with Crippen LogP contribution in [0.4, 0.5) is 17.1 Å². The van der Waals surface area contributed by atoms with Crippen molar-refractivity contribution in [2.45, 2.75) is 6.29 Å². The van der Waals surface area contributed by atoms with E-state index >= 15 is 0 Å². The second-order valence-electron chi connectivity index (χ2n) is 8.82. The molecular formula is C25H31N7O2. The van der Waals surface area contributed by atoms with Crippen molar-refractivity contribution in [1.29, 1.82) is 0 Å². The molecular weight excluding hydrogens is 430 g/mol. The second-order valence-corrected chi connectivity index (χ2v) is 8.82. The lowest BCUT2D eigenvalue weighted by Gasteiger charge is -2.34. The topological polar surface area (TPSA) is 75.7 Å². The molecule has 0 radical (unpaired) electrons. The number of amides is 1. The first-order valence-corrected chi connectivity index (χ1v) is 11.5. The number of aliphatic imine (C=N–C) groups is 1. The molecule has 9 heteroatoms. The highest BCUT2D eigenvalue weighted by atomic mass is 16.5. The van der Waals surface area contributed by atoms with Gasteiger partial charge in [-0.3, -0.25) is 4.79 Å². The van der Waals surface area contributed by atoms with Crippen molar-refractivity contribution < 1.29 is 9.53 Å². The lowest BCUT2D eigenvalue weighted by atomic mass is 10.1. The summed E-state index contributed by atoms with van der Waals surface area (Å²) in [6.45, 7) is 4.10. The molecule has 1 amide bonds. The molecule has 0 aliphatic carbocycles. The summed E-state index contributed by atoms with van der Waals surface area (Å²) < 4.78 is 5.71. The fraction of sp³-hybridized carbons (Fsp3) is 0.360. The summed E-state index contributed by atoms with van der Waals surface area (Å²) in [5.74, 6) is 1.51. The quantitative estimate of drug-likeness (QED) is 0.723. The maximum absolute atomic E-state index is 13.0. The summed E-state index contributed by atoms with van der Waals surface area (Å²) in [5.41, 5.74) is 4.22. The number of methoxy groups -OCH3 is 1. The molecule has 34 heavy (non-hydrogen) atoms. The zero-order chi connectivity index (χ0) is 23.8. The number of carbonyl (C=O) groups is 1. The van der Waals surface area contributed by atoms with Crippen LogP contribution in [0, 0.1) is 0 Å². The van der Waals surface area contributed by atoms with E-state index in [0.29, 0.717) is 5.56 Å². The number of nitrogens with zero attached hydrogens (tertiary/aromatic N) is 5.